The van der Waals surface area contributed by atoms with Gasteiger partial charge in [0.05, 0.1) is 5.75 Å². The van der Waals surface area contributed by atoms with Crippen molar-refractivity contribution >= 4 is 29.5 Å². The van der Waals surface area contributed by atoms with Crippen molar-refractivity contribution in [3.05, 3.63) is 11.9 Å². The van der Waals surface area contributed by atoms with Crippen LogP contribution in [-0.2, 0) is 11.3 Å². The van der Waals surface area contributed by atoms with Crippen LogP contribution in [0.1, 0.15) is 38.8 Å². The van der Waals surface area contributed by atoms with Gasteiger partial charge in [-0.25, -0.2) is 4.98 Å². The molecule has 6 heteroatoms. The van der Waals surface area contributed by atoms with Crippen LogP contribution in [0.2, 0.25) is 0 Å². The summed E-state index contributed by atoms with van der Waals surface area (Å²) in [5, 5.41) is 9.59. The van der Waals surface area contributed by atoms with Crippen molar-refractivity contribution in [2.45, 2.75) is 44.8 Å². The van der Waals surface area contributed by atoms with E-state index in [1.807, 2.05) is 18.0 Å². The summed E-state index contributed by atoms with van der Waals surface area (Å²) in [5.41, 5.74) is 1.19. The molecule has 108 valence electrons. The summed E-state index contributed by atoms with van der Waals surface area (Å²) in [5.74, 6) is 1.95. The molecule has 4 nitrogen and oxygen atoms in total. The summed E-state index contributed by atoms with van der Waals surface area (Å²) in [6.45, 7) is 7.36. The molecule has 0 saturated carbocycles. The van der Waals surface area contributed by atoms with Gasteiger partial charge in [0.15, 0.2) is 5.16 Å². The minimum Gasteiger partial charge on any atom is -0.481 e. The fourth-order valence-corrected chi connectivity index (χ4v) is 3.12. The molecule has 1 heterocycles. The molecular formula is C13H22N2O2S2. The van der Waals surface area contributed by atoms with E-state index in [0.29, 0.717) is 5.92 Å². The first-order valence-corrected chi connectivity index (χ1v) is 8.68. The molecule has 0 bridgehead atoms. The van der Waals surface area contributed by atoms with Crippen LogP contribution >= 0.6 is 23.5 Å². The smallest absolute Gasteiger partial charge is 0.313 e. The summed E-state index contributed by atoms with van der Waals surface area (Å²) in [4.78, 5) is 15.0. The number of carbonyl (C=O) groups is 1. The highest BCUT2D eigenvalue weighted by atomic mass is 32.2. The molecule has 0 aliphatic rings. The largest absolute Gasteiger partial charge is 0.481 e. The zero-order chi connectivity index (χ0) is 14.3. The topological polar surface area (TPSA) is 55.1 Å². The fraction of sp³-hybridized carbons (Fsp3) is 0.692. The maximum absolute atomic E-state index is 10.7. The first-order valence-electron chi connectivity index (χ1n) is 6.54. The van der Waals surface area contributed by atoms with Gasteiger partial charge >= 0.3 is 5.97 Å². The second-order valence-corrected chi connectivity index (χ2v) is 6.84. The number of nitrogens with zero attached hydrogens (tertiary/aromatic N) is 2. The third-order valence-electron chi connectivity index (χ3n) is 2.64. The van der Waals surface area contributed by atoms with Gasteiger partial charge in [0, 0.05) is 18.4 Å². The Hall–Kier alpha value is -0.620. The molecule has 0 aliphatic carbocycles. The number of aromatic nitrogens is 2. The summed E-state index contributed by atoms with van der Waals surface area (Å²) in [6, 6.07) is 0. The lowest BCUT2D eigenvalue weighted by Gasteiger charge is -2.13. The van der Waals surface area contributed by atoms with Crippen molar-refractivity contribution in [2.24, 2.45) is 0 Å². The van der Waals surface area contributed by atoms with Crippen molar-refractivity contribution in [1.82, 2.24) is 9.55 Å². The van der Waals surface area contributed by atoms with Crippen molar-refractivity contribution in [2.75, 3.05) is 17.3 Å². The van der Waals surface area contributed by atoms with Crippen LogP contribution in [0.4, 0.5) is 0 Å². The van der Waals surface area contributed by atoms with Gasteiger partial charge in [-0.3, -0.25) is 4.79 Å². The van der Waals surface area contributed by atoms with Crippen molar-refractivity contribution in [3.63, 3.8) is 0 Å². The highest BCUT2D eigenvalue weighted by Crippen LogP contribution is 2.24. The number of hydrogen-bond donors (Lipinski definition) is 1. The van der Waals surface area contributed by atoms with Gasteiger partial charge < -0.3 is 9.67 Å². The zero-order valence-electron chi connectivity index (χ0n) is 11.8. The lowest BCUT2D eigenvalue weighted by Crippen LogP contribution is -2.08. The summed E-state index contributed by atoms with van der Waals surface area (Å²) in [7, 11) is 0. The molecule has 19 heavy (non-hydrogen) atoms. The van der Waals surface area contributed by atoms with Gasteiger partial charge in [-0.1, -0.05) is 32.5 Å². The van der Waals surface area contributed by atoms with Crippen LogP contribution < -0.4 is 0 Å². The Kier molecular flexibility index (Phi) is 7.38. The molecular weight excluding hydrogens is 280 g/mol. The Morgan fingerprint density at radius 2 is 2.26 bits per heavy atom. The zero-order valence-corrected chi connectivity index (χ0v) is 13.4. The van der Waals surface area contributed by atoms with E-state index in [2.05, 4.69) is 30.3 Å². The second-order valence-electron chi connectivity index (χ2n) is 4.50. The van der Waals surface area contributed by atoms with Gasteiger partial charge in [0.25, 0.3) is 0 Å². The number of rotatable bonds is 9. The normalized spacial score (nSPS) is 11.2. The van der Waals surface area contributed by atoms with E-state index in [1.165, 1.54) is 17.5 Å². The van der Waals surface area contributed by atoms with E-state index in [0.717, 1.165) is 29.6 Å². The molecule has 1 rings (SSSR count). The maximum atomic E-state index is 10.7. The van der Waals surface area contributed by atoms with Crippen LogP contribution in [0.25, 0.3) is 0 Å². The molecule has 0 aliphatic heterocycles. The predicted molar refractivity (Wildman–Crippen MR) is 82.3 cm³/mol. The summed E-state index contributed by atoms with van der Waals surface area (Å²) < 4.78 is 2.18. The van der Waals surface area contributed by atoms with E-state index in [1.54, 1.807) is 0 Å². The van der Waals surface area contributed by atoms with Gasteiger partial charge in [-0.2, -0.15) is 11.8 Å². The molecule has 1 aromatic rings. The molecule has 0 spiro atoms. The molecule has 0 amide bonds. The van der Waals surface area contributed by atoms with Gasteiger partial charge in [-0.05, 0) is 23.8 Å². The number of carboxylic acid groups (broad SMARTS) is 1. The number of carboxylic acids is 1. The minimum absolute atomic E-state index is 0.0677. The average Bonchev–Trinajstić information content (AvgIpc) is 2.75. The highest BCUT2D eigenvalue weighted by molar-refractivity contribution is 7.99. The number of aliphatic carboxylic acids is 1. The maximum Gasteiger partial charge on any atom is 0.313 e. The summed E-state index contributed by atoms with van der Waals surface area (Å²) in [6.07, 6.45) is 2.97. The molecule has 0 saturated heterocycles. The Labute approximate surface area is 123 Å². The van der Waals surface area contributed by atoms with Crippen LogP contribution in [0.3, 0.4) is 0 Å². The van der Waals surface area contributed by atoms with Gasteiger partial charge in [0.1, 0.15) is 0 Å². The average molecular weight is 302 g/mol. The highest BCUT2D eigenvalue weighted by Gasteiger charge is 2.13. The predicted octanol–water partition coefficient (Wildman–Crippen LogP) is 3.33. The van der Waals surface area contributed by atoms with Crippen molar-refractivity contribution in [1.29, 1.82) is 0 Å². The number of thioether (sulfide) groups is 2. The van der Waals surface area contributed by atoms with E-state index in [9.17, 15) is 4.79 Å². The van der Waals surface area contributed by atoms with Crippen LogP contribution in [0, 0.1) is 0 Å². The Morgan fingerprint density at radius 3 is 2.84 bits per heavy atom. The molecule has 0 aromatic carbocycles. The first kappa shape index (κ1) is 16.4. The monoisotopic (exact) mass is 302 g/mol. The number of hydrogen-bond acceptors (Lipinski definition) is 4. The molecule has 1 N–H and O–H groups in total. The third-order valence-corrected chi connectivity index (χ3v) is 4.60. The summed E-state index contributed by atoms with van der Waals surface area (Å²) >= 11 is 3.24. The second kappa shape index (κ2) is 8.53. The quantitative estimate of drug-likeness (QED) is 0.560. The van der Waals surface area contributed by atoms with E-state index in [-0.39, 0.29) is 5.75 Å². The Balaban J connectivity index is 2.70. The van der Waals surface area contributed by atoms with Crippen molar-refractivity contribution in [3.8, 4) is 0 Å². The van der Waals surface area contributed by atoms with E-state index >= 15 is 0 Å². The van der Waals surface area contributed by atoms with Crippen LogP contribution in [-0.4, -0.2) is 37.9 Å². The minimum atomic E-state index is -0.799. The van der Waals surface area contributed by atoms with E-state index < -0.39 is 5.97 Å². The first-order chi connectivity index (χ1) is 9.06. The molecule has 0 atom stereocenters. The Morgan fingerprint density at radius 1 is 1.53 bits per heavy atom. The molecule has 0 radical (unpaired) electrons. The van der Waals surface area contributed by atoms with Crippen LogP contribution in [0.15, 0.2) is 11.4 Å². The lowest BCUT2D eigenvalue weighted by atomic mass is 10.1. The van der Waals surface area contributed by atoms with E-state index in [4.69, 9.17) is 5.11 Å². The Bertz CT molecular complexity index is 405. The van der Waals surface area contributed by atoms with Crippen LogP contribution in [0.5, 0.6) is 0 Å². The number of imidazole rings is 1. The standard InChI is InChI=1S/C13H22N2O2S2/c1-4-18-7-5-6-15-11(10(2)3)8-14-13(15)19-9-12(16)17/h8,10H,4-7,9H2,1-3H3,(H,16,17). The van der Waals surface area contributed by atoms with Crippen molar-refractivity contribution < 1.29 is 9.90 Å². The molecule has 0 unspecified atom stereocenters. The van der Waals surface area contributed by atoms with Gasteiger partial charge in [0.2, 0.25) is 0 Å². The van der Waals surface area contributed by atoms with Gasteiger partial charge in [-0.15, -0.1) is 0 Å². The molecule has 0 fully saturated rings. The molecule has 1 aromatic heterocycles. The third kappa shape index (κ3) is 5.48. The SMILES string of the molecule is CCSCCCn1c(C(C)C)cnc1SCC(=O)O. The lowest BCUT2D eigenvalue weighted by molar-refractivity contribution is -0.133. The fourth-order valence-electron chi connectivity index (χ4n) is 1.77.